The van der Waals surface area contributed by atoms with Crippen molar-refractivity contribution in [1.82, 2.24) is 19.9 Å². The van der Waals surface area contributed by atoms with Gasteiger partial charge < -0.3 is 19.5 Å². The van der Waals surface area contributed by atoms with Crippen molar-refractivity contribution in [1.29, 1.82) is 0 Å². The molecule has 0 aliphatic rings. The molecule has 1 amide bonds. The fraction of sp³-hybridized carbons (Fsp3) is 0.227. The summed E-state index contributed by atoms with van der Waals surface area (Å²) in [7, 11) is 4.47. The number of hydrogen-bond acceptors (Lipinski definition) is 7. The van der Waals surface area contributed by atoms with Crippen LogP contribution in [-0.4, -0.2) is 48.4 Å². The summed E-state index contributed by atoms with van der Waals surface area (Å²) in [6.45, 7) is 0.372. The maximum atomic E-state index is 13.5. The summed E-state index contributed by atoms with van der Waals surface area (Å²) in [6.07, 6.45) is 0.535. The minimum Gasteiger partial charge on any atom is -0.493 e. The summed E-state index contributed by atoms with van der Waals surface area (Å²) in [5.74, 6) is 0.953. The van der Waals surface area contributed by atoms with Gasteiger partial charge in [-0.3, -0.25) is 4.79 Å². The normalized spacial score (nSPS) is 10.9. The van der Waals surface area contributed by atoms with Crippen LogP contribution in [0, 0.1) is 5.82 Å². The third-order valence-corrected chi connectivity index (χ3v) is 5.71. The van der Waals surface area contributed by atoms with Crippen LogP contribution in [0.15, 0.2) is 41.8 Å². The average molecular weight is 456 g/mol. The molecule has 0 bridgehead atoms. The molecule has 166 valence electrons. The number of methoxy groups -OCH3 is 3. The van der Waals surface area contributed by atoms with E-state index in [4.69, 9.17) is 14.2 Å². The Balaban J connectivity index is 1.47. The molecule has 1 N–H and O–H groups in total. The third kappa shape index (κ3) is 4.09. The molecule has 0 radical (unpaired) electrons. The highest BCUT2D eigenvalue weighted by Crippen LogP contribution is 2.39. The SMILES string of the molecule is COc1ccc(C(=O)NCCc2csc3nc(-c4cccc(F)c4)nn23)c(OC)c1OC. The quantitative estimate of drug-likeness (QED) is 0.436. The molecule has 2 heterocycles. The van der Waals surface area contributed by atoms with Gasteiger partial charge in [-0.25, -0.2) is 8.91 Å². The van der Waals surface area contributed by atoms with Gasteiger partial charge in [0.15, 0.2) is 17.3 Å². The first kappa shape index (κ1) is 21.6. The Hall–Kier alpha value is -3.66. The lowest BCUT2D eigenvalue weighted by molar-refractivity contribution is 0.0950. The van der Waals surface area contributed by atoms with Crippen LogP contribution in [-0.2, 0) is 6.42 Å². The number of rotatable bonds is 8. The van der Waals surface area contributed by atoms with Gasteiger partial charge in [0, 0.05) is 23.9 Å². The van der Waals surface area contributed by atoms with E-state index in [9.17, 15) is 9.18 Å². The second-order valence-corrected chi connectivity index (χ2v) is 7.59. The van der Waals surface area contributed by atoms with Crippen molar-refractivity contribution in [2.45, 2.75) is 6.42 Å². The lowest BCUT2D eigenvalue weighted by Gasteiger charge is -2.15. The number of carbonyl (C=O) groups excluding carboxylic acids is 1. The Kier molecular flexibility index (Phi) is 6.22. The molecular weight excluding hydrogens is 435 g/mol. The van der Waals surface area contributed by atoms with Gasteiger partial charge in [0.25, 0.3) is 5.91 Å². The molecule has 32 heavy (non-hydrogen) atoms. The maximum absolute atomic E-state index is 13.5. The molecule has 8 nitrogen and oxygen atoms in total. The van der Waals surface area contributed by atoms with Gasteiger partial charge in [0.2, 0.25) is 10.7 Å². The summed E-state index contributed by atoms with van der Waals surface area (Å²) in [6, 6.07) is 9.44. The van der Waals surface area contributed by atoms with E-state index in [1.807, 2.05) is 5.38 Å². The highest BCUT2D eigenvalue weighted by molar-refractivity contribution is 7.15. The van der Waals surface area contributed by atoms with Gasteiger partial charge in [0.1, 0.15) is 5.82 Å². The smallest absolute Gasteiger partial charge is 0.255 e. The van der Waals surface area contributed by atoms with Gasteiger partial charge in [0.05, 0.1) is 32.6 Å². The van der Waals surface area contributed by atoms with E-state index in [2.05, 4.69) is 15.4 Å². The van der Waals surface area contributed by atoms with Crippen molar-refractivity contribution in [2.75, 3.05) is 27.9 Å². The molecule has 0 aliphatic carbocycles. The highest BCUT2D eigenvalue weighted by atomic mass is 32.1. The first-order valence-corrected chi connectivity index (χ1v) is 10.6. The number of halogens is 1. The van der Waals surface area contributed by atoms with Crippen LogP contribution in [0.4, 0.5) is 4.39 Å². The summed E-state index contributed by atoms with van der Waals surface area (Å²) >= 11 is 1.44. The third-order valence-electron chi connectivity index (χ3n) is 4.85. The monoisotopic (exact) mass is 456 g/mol. The van der Waals surface area contributed by atoms with E-state index in [0.717, 1.165) is 5.69 Å². The van der Waals surface area contributed by atoms with Crippen LogP contribution >= 0.6 is 11.3 Å². The Morgan fingerprint density at radius 1 is 1.12 bits per heavy atom. The van der Waals surface area contributed by atoms with Gasteiger partial charge in [-0.2, -0.15) is 4.98 Å². The van der Waals surface area contributed by atoms with Crippen molar-refractivity contribution in [3.8, 4) is 28.6 Å². The van der Waals surface area contributed by atoms with Gasteiger partial charge in [-0.1, -0.05) is 12.1 Å². The molecule has 0 fully saturated rings. The van der Waals surface area contributed by atoms with E-state index < -0.39 is 0 Å². The number of aromatic nitrogens is 3. The van der Waals surface area contributed by atoms with E-state index in [1.54, 1.807) is 28.8 Å². The zero-order valence-electron chi connectivity index (χ0n) is 17.7. The van der Waals surface area contributed by atoms with Crippen LogP contribution in [0.5, 0.6) is 17.2 Å². The lowest BCUT2D eigenvalue weighted by atomic mass is 10.1. The second kappa shape index (κ2) is 9.23. The minimum absolute atomic E-state index is 0.298. The van der Waals surface area contributed by atoms with Crippen LogP contribution in [0.1, 0.15) is 16.1 Å². The largest absolute Gasteiger partial charge is 0.493 e. The summed E-state index contributed by atoms with van der Waals surface area (Å²) in [5, 5.41) is 9.32. The first-order chi connectivity index (χ1) is 15.5. The zero-order valence-corrected chi connectivity index (χ0v) is 18.5. The van der Waals surface area contributed by atoms with Gasteiger partial charge in [-0.05, 0) is 24.3 Å². The lowest BCUT2D eigenvalue weighted by Crippen LogP contribution is -2.26. The fourth-order valence-electron chi connectivity index (χ4n) is 3.33. The number of fused-ring (bicyclic) bond motifs is 1. The minimum atomic E-state index is -0.339. The molecule has 0 unspecified atom stereocenters. The summed E-state index contributed by atoms with van der Waals surface area (Å²) in [4.78, 5) is 17.9. The van der Waals surface area contributed by atoms with E-state index in [-0.39, 0.29) is 11.7 Å². The van der Waals surface area contributed by atoms with Gasteiger partial charge in [-0.15, -0.1) is 16.4 Å². The van der Waals surface area contributed by atoms with E-state index >= 15 is 0 Å². The fourth-order valence-corrected chi connectivity index (χ4v) is 4.18. The maximum Gasteiger partial charge on any atom is 0.255 e. The Labute approximate surface area is 187 Å². The van der Waals surface area contributed by atoms with Crippen LogP contribution in [0.3, 0.4) is 0 Å². The Morgan fingerprint density at radius 2 is 1.94 bits per heavy atom. The number of carbonyl (C=O) groups is 1. The molecule has 0 saturated heterocycles. The molecule has 2 aromatic heterocycles. The standard InChI is InChI=1S/C22H21FN4O4S/c1-29-17-8-7-16(18(30-2)19(17)31-3)21(28)24-10-9-15-12-32-22-25-20(26-27(15)22)13-5-4-6-14(23)11-13/h4-8,11-12H,9-10H2,1-3H3,(H,24,28). The molecule has 10 heteroatoms. The number of nitrogens with one attached hydrogen (secondary N) is 1. The van der Waals surface area contributed by atoms with Crippen molar-refractivity contribution in [2.24, 2.45) is 0 Å². The molecule has 2 aromatic carbocycles. The van der Waals surface area contributed by atoms with E-state index in [1.165, 1.54) is 44.8 Å². The molecule has 4 aromatic rings. The predicted molar refractivity (Wildman–Crippen MR) is 118 cm³/mol. The number of benzene rings is 2. The Bertz CT molecular complexity index is 1270. The molecule has 0 spiro atoms. The van der Waals surface area contributed by atoms with Crippen LogP contribution in [0.2, 0.25) is 0 Å². The Morgan fingerprint density at radius 3 is 2.66 bits per heavy atom. The molecular formula is C22H21FN4O4S. The number of hydrogen-bond donors (Lipinski definition) is 1. The van der Waals surface area contributed by atoms with Crippen molar-refractivity contribution in [3.63, 3.8) is 0 Å². The van der Waals surface area contributed by atoms with Crippen molar-refractivity contribution < 1.29 is 23.4 Å². The van der Waals surface area contributed by atoms with E-state index in [0.29, 0.717) is 52.1 Å². The average Bonchev–Trinajstić information content (AvgIpc) is 3.39. The molecule has 0 aliphatic heterocycles. The van der Waals surface area contributed by atoms with Crippen molar-refractivity contribution in [3.05, 3.63) is 58.9 Å². The zero-order chi connectivity index (χ0) is 22.7. The molecule has 0 saturated carbocycles. The van der Waals surface area contributed by atoms with Gasteiger partial charge >= 0.3 is 0 Å². The van der Waals surface area contributed by atoms with Crippen molar-refractivity contribution >= 4 is 22.2 Å². The molecule has 0 atom stereocenters. The number of nitrogens with zero attached hydrogens (tertiary/aromatic N) is 3. The number of ether oxygens (including phenoxy) is 3. The van der Waals surface area contributed by atoms with Crippen LogP contribution in [0.25, 0.3) is 16.3 Å². The predicted octanol–water partition coefficient (Wildman–Crippen LogP) is 3.60. The van der Waals surface area contributed by atoms with Crippen LogP contribution < -0.4 is 19.5 Å². The topological polar surface area (TPSA) is 87.0 Å². The second-order valence-electron chi connectivity index (χ2n) is 6.75. The summed E-state index contributed by atoms with van der Waals surface area (Å²) in [5.41, 5.74) is 1.84. The number of amides is 1. The summed E-state index contributed by atoms with van der Waals surface area (Å²) < 4.78 is 31.2. The number of thiazole rings is 1. The highest BCUT2D eigenvalue weighted by Gasteiger charge is 2.20. The molecule has 4 rings (SSSR count). The first-order valence-electron chi connectivity index (χ1n) is 9.72.